The molecule has 0 radical (unpaired) electrons. The molecule has 0 bridgehead atoms. The van der Waals surface area contributed by atoms with Gasteiger partial charge in [-0.1, -0.05) is 47.5 Å². The minimum absolute atomic E-state index is 0.0209. The third kappa shape index (κ3) is 6.78. The summed E-state index contributed by atoms with van der Waals surface area (Å²) in [6, 6.07) is 18.2. The van der Waals surface area contributed by atoms with Gasteiger partial charge in [0.2, 0.25) is 11.8 Å². The Kier molecular flexibility index (Phi) is 10.0. The molecule has 202 valence electrons. The van der Waals surface area contributed by atoms with Crippen molar-refractivity contribution < 1.29 is 22.7 Å². The van der Waals surface area contributed by atoms with Crippen LogP contribution in [0, 0.1) is 0 Å². The summed E-state index contributed by atoms with van der Waals surface area (Å²) in [5.41, 5.74) is 0.739. The van der Waals surface area contributed by atoms with Crippen LogP contribution in [-0.4, -0.2) is 51.4 Å². The number of rotatable bonds is 11. The number of methoxy groups -OCH3 is 1. The predicted molar refractivity (Wildman–Crippen MR) is 149 cm³/mol. The van der Waals surface area contributed by atoms with E-state index in [0.29, 0.717) is 27.9 Å². The van der Waals surface area contributed by atoms with Gasteiger partial charge in [0.05, 0.1) is 17.7 Å². The molecule has 3 aromatic rings. The number of sulfonamides is 1. The van der Waals surface area contributed by atoms with Crippen LogP contribution in [0.5, 0.6) is 5.75 Å². The predicted octanol–water partition coefficient (Wildman–Crippen LogP) is 4.75. The maximum atomic E-state index is 13.8. The van der Waals surface area contributed by atoms with Crippen molar-refractivity contribution in [2.24, 2.45) is 0 Å². The van der Waals surface area contributed by atoms with Crippen LogP contribution in [0.15, 0.2) is 77.7 Å². The van der Waals surface area contributed by atoms with Gasteiger partial charge >= 0.3 is 0 Å². The van der Waals surface area contributed by atoms with Gasteiger partial charge < -0.3 is 15.0 Å². The molecule has 0 heterocycles. The highest BCUT2D eigenvalue weighted by molar-refractivity contribution is 7.92. The molecule has 38 heavy (non-hydrogen) atoms. The zero-order valence-electron chi connectivity index (χ0n) is 21.2. The number of likely N-dealkylation sites (N-methyl/N-ethyl adjacent to an activating group) is 1. The summed E-state index contributed by atoms with van der Waals surface area (Å²) in [5.74, 6) is -0.515. The fourth-order valence-corrected chi connectivity index (χ4v) is 5.69. The van der Waals surface area contributed by atoms with E-state index < -0.39 is 34.4 Å². The number of para-hydroxylation sites is 1. The number of nitrogens with zero attached hydrogens (tertiary/aromatic N) is 2. The fraction of sp³-hybridized carbons (Fsp3) is 0.259. The van der Waals surface area contributed by atoms with E-state index in [4.69, 9.17) is 27.9 Å². The van der Waals surface area contributed by atoms with Crippen molar-refractivity contribution in [3.8, 4) is 5.75 Å². The Labute approximate surface area is 233 Å². The van der Waals surface area contributed by atoms with Crippen LogP contribution in [0.3, 0.4) is 0 Å². The van der Waals surface area contributed by atoms with E-state index in [1.807, 2.05) is 0 Å². The molecule has 3 aromatic carbocycles. The van der Waals surface area contributed by atoms with Crippen LogP contribution < -0.4 is 14.4 Å². The minimum Gasteiger partial charge on any atom is -0.497 e. The second-order valence-corrected chi connectivity index (χ2v) is 11.0. The number of hydrogen-bond donors (Lipinski definition) is 1. The smallest absolute Gasteiger partial charge is 0.264 e. The van der Waals surface area contributed by atoms with Gasteiger partial charge in [-0.2, -0.15) is 0 Å². The molecule has 0 spiro atoms. The zero-order valence-corrected chi connectivity index (χ0v) is 23.6. The third-order valence-corrected chi connectivity index (χ3v) is 8.38. The van der Waals surface area contributed by atoms with Gasteiger partial charge in [0.1, 0.15) is 18.3 Å². The first-order valence-electron chi connectivity index (χ1n) is 11.8. The molecule has 0 unspecified atom stereocenters. The highest BCUT2D eigenvalue weighted by Gasteiger charge is 2.33. The third-order valence-electron chi connectivity index (χ3n) is 5.88. The van der Waals surface area contributed by atoms with Crippen LogP contribution in [0.25, 0.3) is 0 Å². The van der Waals surface area contributed by atoms with E-state index in [2.05, 4.69) is 5.32 Å². The maximum Gasteiger partial charge on any atom is 0.264 e. The summed E-state index contributed by atoms with van der Waals surface area (Å²) in [6.07, 6.45) is 0. The van der Waals surface area contributed by atoms with Crippen molar-refractivity contribution in [3.05, 3.63) is 88.4 Å². The molecule has 2 amide bonds. The quantitative estimate of drug-likeness (QED) is 0.354. The Bertz CT molecular complexity index is 1350. The Balaban J connectivity index is 2.04. The van der Waals surface area contributed by atoms with Gasteiger partial charge in [0.25, 0.3) is 10.0 Å². The summed E-state index contributed by atoms with van der Waals surface area (Å²) in [7, 11) is -2.70. The van der Waals surface area contributed by atoms with E-state index in [1.165, 1.54) is 36.3 Å². The first-order chi connectivity index (χ1) is 18.1. The van der Waals surface area contributed by atoms with E-state index >= 15 is 0 Å². The lowest BCUT2D eigenvalue weighted by atomic mass is 10.1. The van der Waals surface area contributed by atoms with E-state index in [-0.39, 0.29) is 17.1 Å². The van der Waals surface area contributed by atoms with Gasteiger partial charge in [-0.15, -0.1) is 0 Å². The Hall–Kier alpha value is -3.27. The fourth-order valence-electron chi connectivity index (χ4n) is 3.76. The molecule has 0 saturated heterocycles. The van der Waals surface area contributed by atoms with Gasteiger partial charge in [0.15, 0.2) is 0 Å². The maximum absolute atomic E-state index is 13.8. The first kappa shape index (κ1) is 29.3. The molecule has 8 nitrogen and oxygen atoms in total. The van der Waals surface area contributed by atoms with E-state index in [9.17, 15) is 18.0 Å². The number of ether oxygens (including phenoxy) is 1. The largest absolute Gasteiger partial charge is 0.497 e. The molecule has 0 aliphatic carbocycles. The number of carbonyl (C=O) groups is 2. The molecule has 3 rings (SSSR count). The van der Waals surface area contributed by atoms with Crippen LogP contribution in [0.4, 0.5) is 5.69 Å². The van der Waals surface area contributed by atoms with Crippen molar-refractivity contribution >= 4 is 50.7 Å². The lowest BCUT2D eigenvalue weighted by molar-refractivity contribution is -0.139. The van der Waals surface area contributed by atoms with Crippen LogP contribution in [-0.2, 0) is 26.2 Å². The molecular weight excluding hydrogens is 549 g/mol. The second-order valence-electron chi connectivity index (χ2n) is 8.32. The summed E-state index contributed by atoms with van der Waals surface area (Å²) < 4.78 is 33.7. The van der Waals surface area contributed by atoms with E-state index in [0.717, 1.165) is 4.31 Å². The number of anilines is 1. The SMILES string of the molecule is CCNC(=O)[C@@H](C)N(Cc1c(Cl)cccc1Cl)C(=O)CN(c1ccccc1)S(=O)(=O)c1ccc(OC)cc1. The summed E-state index contributed by atoms with van der Waals surface area (Å²) in [5, 5.41) is 3.35. The molecule has 1 atom stereocenters. The number of hydrogen-bond acceptors (Lipinski definition) is 5. The lowest BCUT2D eigenvalue weighted by Crippen LogP contribution is -2.51. The highest BCUT2D eigenvalue weighted by Crippen LogP contribution is 2.28. The van der Waals surface area contributed by atoms with Crippen molar-refractivity contribution in [2.75, 3.05) is 24.5 Å². The molecular formula is C27H29Cl2N3O5S. The van der Waals surface area contributed by atoms with Crippen molar-refractivity contribution in [1.82, 2.24) is 10.2 Å². The topological polar surface area (TPSA) is 96.0 Å². The van der Waals surface area contributed by atoms with Gasteiger partial charge in [-0.3, -0.25) is 13.9 Å². The number of carbonyl (C=O) groups excluding carboxylic acids is 2. The first-order valence-corrected chi connectivity index (χ1v) is 14.0. The Morgan fingerprint density at radius 2 is 1.55 bits per heavy atom. The van der Waals surface area contributed by atoms with Crippen LogP contribution >= 0.6 is 23.2 Å². The van der Waals surface area contributed by atoms with Crippen molar-refractivity contribution in [2.45, 2.75) is 31.3 Å². The normalized spacial score (nSPS) is 11.9. The summed E-state index contributed by atoms with van der Waals surface area (Å²) >= 11 is 12.7. The standard InChI is InChI=1S/C27H29Cl2N3O5S/c1-4-30-27(34)19(2)31(17-23-24(28)11-8-12-25(23)29)26(33)18-32(20-9-6-5-7-10-20)38(35,36)22-15-13-21(37-3)14-16-22/h5-16,19H,4,17-18H2,1-3H3,(H,30,34)/t19-/m1/s1. The molecule has 0 saturated carbocycles. The number of amides is 2. The van der Waals surface area contributed by atoms with Crippen molar-refractivity contribution in [1.29, 1.82) is 0 Å². The number of benzene rings is 3. The highest BCUT2D eigenvalue weighted by atomic mass is 35.5. The van der Waals surface area contributed by atoms with Crippen molar-refractivity contribution in [3.63, 3.8) is 0 Å². The monoisotopic (exact) mass is 577 g/mol. The van der Waals surface area contributed by atoms with Gasteiger partial charge in [0, 0.05) is 28.7 Å². The number of nitrogens with one attached hydrogen (secondary N) is 1. The molecule has 1 N–H and O–H groups in total. The number of halogens is 2. The second kappa shape index (κ2) is 13.0. The summed E-state index contributed by atoms with van der Waals surface area (Å²) in [6.45, 7) is 3.03. The molecule has 0 aliphatic heterocycles. The average Bonchev–Trinajstić information content (AvgIpc) is 2.91. The minimum atomic E-state index is -4.18. The van der Waals surface area contributed by atoms with E-state index in [1.54, 1.807) is 62.4 Å². The molecule has 11 heteroatoms. The van der Waals surface area contributed by atoms with Crippen LogP contribution in [0.1, 0.15) is 19.4 Å². The Morgan fingerprint density at radius 3 is 2.11 bits per heavy atom. The van der Waals surface area contributed by atoms with Gasteiger partial charge in [-0.05, 0) is 62.4 Å². The summed E-state index contributed by atoms with van der Waals surface area (Å²) in [4.78, 5) is 27.8. The van der Waals surface area contributed by atoms with Crippen LogP contribution in [0.2, 0.25) is 10.0 Å². The van der Waals surface area contributed by atoms with Gasteiger partial charge in [-0.25, -0.2) is 8.42 Å². The Morgan fingerprint density at radius 1 is 0.947 bits per heavy atom. The molecule has 0 fully saturated rings. The lowest BCUT2D eigenvalue weighted by Gasteiger charge is -2.32. The average molecular weight is 579 g/mol. The zero-order chi connectivity index (χ0) is 27.9. The molecule has 0 aromatic heterocycles. The molecule has 0 aliphatic rings.